The Morgan fingerprint density at radius 1 is 1.20 bits per heavy atom. The van der Waals surface area contributed by atoms with Gasteiger partial charge in [0.15, 0.2) is 0 Å². The van der Waals surface area contributed by atoms with Gasteiger partial charge in [-0.15, -0.1) is 0 Å². The molecule has 0 amide bonds. The molecule has 112 valence electrons. The normalized spacial score (nSPS) is 19.5. The molecule has 0 aromatic heterocycles. The van der Waals surface area contributed by atoms with E-state index in [2.05, 4.69) is 39.0 Å². The van der Waals surface area contributed by atoms with Crippen LogP contribution in [0, 0.1) is 5.92 Å². The van der Waals surface area contributed by atoms with E-state index >= 15 is 0 Å². The fourth-order valence-corrected chi connectivity index (χ4v) is 2.68. The van der Waals surface area contributed by atoms with E-state index < -0.39 is 0 Å². The predicted octanol–water partition coefficient (Wildman–Crippen LogP) is 5.77. The van der Waals surface area contributed by atoms with Crippen LogP contribution in [0.3, 0.4) is 0 Å². The van der Waals surface area contributed by atoms with Crippen molar-refractivity contribution in [3.05, 3.63) is 34.9 Å². The summed E-state index contributed by atoms with van der Waals surface area (Å²) in [5, 5.41) is 0. The largest absolute Gasteiger partial charge is 0.300 e. The Labute approximate surface area is 124 Å². The van der Waals surface area contributed by atoms with Crippen molar-refractivity contribution in [2.45, 2.75) is 72.6 Å². The van der Waals surface area contributed by atoms with E-state index in [1.54, 1.807) is 12.5 Å². The quantitative estimate of drug-likeness (QED) is 0.538. The van der Waals surface area contributed by atoms with Gasteiger partial charge < -0.3 is 0 Å². The average molecular weight is 274 g/mol. The summed E-state index contributed by atoms with van der Waals surface area (Å²) in [6, 6.07) is 0. The number of Topliss-reactive ketones (excluding diaryl/α,β-unsaturated/α-hetero) is 1. The van der Waals surface area contributed by atoms with Crippen LogP contribution < -0.4 is 0 Å². The Hall–Kier alpha value is -1.11. The Morgan fingerprint density at radius 3 is 2.50 bits per heavy atom. The number of hydrogen-bond donors (Lipinski definition) is 0. The molecule has 1 rings (SSSR count). The van der Waals surface area contributed by atoms with E-state index in [4.69, 9.17) is 0 Å². The van der Waals surface area contributed by atoms with Crippen LogP contribution in [0.1, 0.15) is 72.6 Å². The van der Waals surface area contributed by atoms with Crippen LogP contribution in [0.15, 0.2) is 34.9 Å². The van der Waals surface area contributed by atoms with E-state index in [0.29, 0.717) is 11.7 Å². The lowest BCUT2D eigenvalue weighted by atomic mass is 9.85. The van der Waals surface area contributed by atoms with Crippen LogP contribution >= 0.6 is 0 Å². The molecule has 0 spiro atoms. The van der Waals surface area contributed by atoms with Gasteiger partial charge in [-0.3, -0.25) is 4.79 Å². The first kappa shape index (κ1) is 16.9. The molecule has 1 aliphatic rings. The third-order valence-electron chi connectivity index (χ3n) is 4.13. The van der Waals surface area contributed by atoms with Crippen LogP contribution in [0.25, 0.3) is 0 Å². The number of allylic oxidation sites excluding steroid dienone is 6. The lowest BCUT2D eigenvalue weighted by Gasteiger charge is -2.19. The zero-order valence-electron chi connectivity index (χ0n) is 13.7. The molecule has 0 radical (unpaired) electrons. The molecule has 0 aromatic carbocycles. The first-order chi connectivity index (χ1) is 9.49. The van der Waals surface area contributed by atoms with E-state index in [1.807, 2.05) is 0 Å². The SMILES string of the molecule is CC(=O)[C@H]1CC=C(CC/C=C(\C)CCC=C(C)C)CC1. The minimum Gasteiger partial charge on any atom is -0.300 e. The highest BCUT2D eigenvalue weighted by Crippen LogP contribution is 2.27. The summed E-state index contributed by atoms with van der Waals surface area (Å²) in [6.45, 7) is 8.27. The van der Waals surface area contributed by atoms with Crippen molar-refractivity contribution in [1.82, 2.24) is 0 Å². The molecule has 0 saturated heterocycles. The van der Waals surface area contributed by atoms with Crippen molar-refractivity contribution in [2.75, 3.05) is 0 Å². The first-order valence-electron chi connectivity index (χ1n) is 7.96. The highest BCUT2D eigenvalue weighted by Gasteiger charge is 2.17. The van der Waals surface area contributed by atoms with E-state index in [0.717, 1.165) is 32.1 Å². The standard InChI is InChI=1S/C19H30O/c1-15(2)7-5-8-16(3)9-6-10-18-11-13-19(14-12-18)17(4)20/h7,9,11,19H,5-6,8,10,12-14H2,1-4H3/b16-9+/t19-/m0/s1. The molecule has 0 unspecified atom stereocenters. The zero-order valence-corrected chi connectivity index (χ0v) is 13.7. The van der Waals surface area contributed by atoms with E-state index in [9.17, 15) is 4.79 Å². The summed E-state index contributed by atoms with van der Waals surface area (Å²) < 4.78 is 0. The van der Waals surface area contributed by atoms with Crippen molar-refractivity contribution in [3.63, 3.8) is 0 Å². The third-order valence-corrected chi connectivity index (χ3v) is 4.13. The van der Waals surface area contributed by atoms with Crippen molar-refractivity contribution >= 4 is 5.78 Å². The number of carbonyl (C=O) groups excluding carboxylic acids is 1. The summed E-state index contributed by atoms with van der Waals surface area (Å²) in [6.07, 6.45) is 14.8. The van der Waals surface area contributed by atoms with Gasteiger partial charge in [0.2, 0.25) is 0 Å². The molecule has 0 aliphatic heterocycles. The van der Waals surface area contributed by atoms with Crippen LogP contribution in [0.4, 0.5) is 0 Å². The molecule has 0 bridgehead atoms. The van der Waals surface area contributed by atoms with Crippen molar-refractivity contribution < 1.29 is 4.79 Å². The average Bonchev–Trinajstić information content (AvgIpc) is 2.39. The summed E-state index contributed by atoms with van der Waals surface area (Å²) in [4.78, 5) is 11.3. The molecule has 1 aliphatic carbocycles. The maximum Gasteiger partial charge on any atom is 0.133 e. The Morgan fingerprint density at radius 2 is 1.95 bits per heavy atom. The maximum absolute atomic E-state index is 11.3. The smallest absolute Gasteiger partial charge is 0.133 e. The minimum atomic E-state index is 0.292. The van der Waals surface area contributed by atoms with Crippen LogP contribution in [0.5, 0.6) is 0 Å². The fraction of sp³-hybridized carbons (Fsp3) is 0.632. The molecule has 0 fully saturated rings. The molecular weight excluding hydrogens is 244 g/mol. The number of rotatable bonds is 7. The maximum atomic E-state index is 11.3. The highest BCUT2D eigenvalue weighted by molar-refractivity contribution is 5.78. The molecular formula is C19H30O. The molecule has 0 N–H and O–H groups in total. The minimum absolute atomic E-state index is 0.292. The molecule has 1 nitrogen and oxygen atoms in total. The van der Waals surface area contributed by atoms with Crippen molar-refractivity contribution in [1.29, 1.82) is 0 Å². The van der Waals surface area contributed by atoms with Crippen LogP contribution in [-0.4, -0.2) is 5.78 Å². The highest BCUT2D eigenvalue weighted by atomic mass is 16.1. The van der Waals surface area contributed by atoms with Gasteiger partial charge in [-0.1, -0.05) is 34.9 Å². The zero-order chi connectivity index (χ0) is 15.0. The molecule has 20 heavy (non-hydrogen) atoms. The van der Waals surface area contributed by atoms with Gasteiger partial charge in [0, 0.05) is 5.92 Å². The van der Waals surface area contributed by atoms with E-state index in [-0.39, 0.29) is 0 Å². The van der Waals surface area contributed by atoms with Gasteiger partial charge in [-0.25, -0.2) is 0 Å². The van der Waals surface area contributed by atoms with Gasteiger partial charge in [0.25, 0.3) is 0 Å². The van der Waals surface area contributed by atoms with Gasteiger partial charge in [-0.05, 0) is 72.6 Å². The Bertz CT molecular complexity index is 405. The number of carbonyl (C=O) groups is 1. The number of ketones is 1. The molecule has 0 saturated carbocycles. The van der Waals surface area contributed by atoms with Crippen molar-refractivity contribution in [3.8, 4) is 0 Å². The third kappa shape index (κ3) is 6.88. The van der Waals surface area contributed by atoms with Crippen LogP contribution in [0.2, 0.25) is 0 Å². The Kier molecular flexibility index (Phi) is 7.58. The number of hydrogen-bond acceptors (Lipinski definition) is 1. The summed E-state index contributed by atoms with van der Waals surface area (Å²) in [7, 11) is 0. The van der Waals surface area contributed by atoms with Gasteiger partial charge in [0.05, 0.1) is 0 Å². The van der Waals surface area contributed by atoms with Crippen LogP contribution in [-0.2, 0) is 4.79 Å². The van der Waals surface area contributed by atoms with Gasteiger partial charge in [-0.2, -0.15) is 0 Å². The lowest BCUT2D eigenvalue weighted by molar-refractivity contribution is -0.120. The molecule has 0 aromatic rings. The van der Waals surface area contributed by atoms with E-state index in [1.165, 1.54) is 24.0 Å². The molecule has 1 atom stereocenters. The second-order valence-electron chi connectivity index (χ2n) is 6.35. The van der Waals surface area contributed by atoms with Crippen molar-refractivity contribution in [2.24, 2.45) is 5.92 Å². The predicted molar refractivity (Wildman–Crippen MR) is 87.8 cm³/mol. The Balaban J connectivity index is 2.27. The van der Waals surface area contributed by atoms with Gasteiger partial charge >= 0.3 is 0 Å². The summed E-state index contributed by atoms with van der Waals surface area (Å²) >= 11 is 0. The molecule has 1 heteroatoms. The first-order valence-corrected chi connectivity index (χ1v) is 7.96. The second kappa shape index (κ2) is 8.94. The topological polar surface area (TPSA) is 17.1 Å². The lowest BCUT2D eigenvalue weighted by Crippen LogP contribution is -2.13. The fourth-order valence-electron chi connectivity index (χ4n) is 2.68. The summed E-state index contributed by atoms with van der Waals surface area (Å²) in [5.74, 6) is 0.649. The second-order valence-corrected chi connectivity index (χ2v) is 6.35. The summed E-state index contributed by atoms with van der Waals surface area (Å²) in [5.41, 5.74) is 4.46. The molecule has 0 heterocycles. The van der Waals surface area contributed by atoms with Gasteiger partial charge in [0.1, 0.15) is 5.78 Å². The monoisotopic (exact) mass is 274 g/mol.